The summed E-state index contributed by atoms with van der Waals surface area (Å²) >= 11 is 0. The number of nitrogens with two attached hydrogens (primary N) is 2. The molecule has 6 atom stereocenters. The molecule has 0 aromatic heterocycles. The predicted molar refractivity (Wildman–Crippen MR) is 189 cm³/mol. The third-order valence-electron chi connectivity index (χ3n) is 7.80. The second kappa shape index (κ2) is 21.5. The molecule has 1 rings (SSSR count). The molecule has 13 N–H and O–H groups in total. The van der Waals surface area contributed by atoms with E-state index in [1.807, 2.05) is 5.32 Å². The average molecular weight is 838 g/mol. The summed E-state index contributed by atoms with van der Waals surface area (Å²) in [7, 11) is -5.98. The number of rotatable bonds is 24. The number of benzene rings is 1. The molecule has 0 aliphatic rings. The fraction of sp³-hybridized carbons (Fsp3) is 0.531. The van der Waals surface area contributed by atoms with Crippen LogP contribution in [-0.4, -0.2) is 118 Å². The Bertz CT molecular complexity index is 1810. The first kappa shape index (κ1) is 49.2. The number of amides is 6. The molecule has 0 aliphatic heterocycles. The number of primary amides is 1. The zero-order valence-electron chi connectivity index (χ0n) is 30.7. The van der Waals surface area contributed by atoms with Crippen LogP contribution in [0.1, 0.15) is 64.0 Å². The van der Waals surface area contributed by atoms with E-state index < -0.39 is 143 Å². The van der Waals surface area contributed by atoms with Gasteiger partial charge in [-0.25, -0.2) is 0 Å². The second-order valence-corrected chi connectivity index (χ2v) is 14.6. The molecule has 0 saturated carbocycles. The van der Waals surface area contributed by atoms with E-state index >= 15 is 0 Å². The van der Waals surface area contributed by atoms with Gasteiger partial charge in [0.2, 0.25) is 35.4 Å². The number of carboxylic acids is 3. The molecule has 0 spiro atoms. The van der Waals surface area contributed by atoms with Crippen LogP contribution >= 0.6 is 0 Å². The molecule has 57 heavy (non-hydrogen) atoms. The Hall–Kier alpha value is -5.82. The summed E-state index contributed by atoms with van der Waals surface area (Å²) < 4.78 is 60.7. The summed E-state index contributed by atoms with van der Waals surface area (Å²) in [5.41, 5.74) is 9.38. The van der Waals surface area contributed by atoms with Crippen LogP contribution < -0.4 is 38.1 Å². The number of hydrogen-bond donors (Lipinski definition) is 11. The molecule has 0 bridgehead atoms. The number of carboxylic acid groups (broad SMARTS) is 3. The van der Waals surface area contributed by atoms with Gasteiger partial charge < -0.3 is 53.4 Å². The van der Waals surface area contributed by atoms with E-state index in [4.69, 9.17) is 21.1 Å². The first-order valence-electron chi connectivity index (χ1n) is 16.8. The molecule has 22 nitrogen and oxygen atoms in total. The van der Waals surface area contributed by atoms with Crippen LogP contribution in [0.4, 0.5) is 8.78 Å². The van der Waals surface area contributed by atoms with Gasteiger partial charge in [0, 0.05) is 18.4 Å². The molecule has 0 fully saturated rings. The Morgan fingerprint density at radius 3 is 1.74 bits per heavy atom. The molecule has 0 radical (unpaired) electrons. The maximum absolute atomic E-state index is 14.5. The SMILES string of the molecule is CC(C)C[C@H](NC(=O)[C@@H](Cc1cccc(C(F)(F)S(=O)(=O)O)c1)NC(=O)[C@H](CCC(=O)O)NC(=O)[C@H](CC(=O)O)NC(=O)[C@H](C)NC(=O)[C@@H](N)CC(=O)O)C(N)=O. The summed E-state index contributed by atoms with van der Waals surface area (Å²) in [4.78, 5) is 112. The van der Waals surface area contributed by atoms with E-state index in [1.165, 1.54) is 0 Å². The van der Waals surface area contributed by atoms with Crippen LogP contribution in [0, 0.1) is 5.92 Å². The van der Waals surface area contributed by atoms with Crippen LogP contribution in [0.15, 0.2) is 24.3 Å². The minimum absolute atomic E-state index is 0.0107. The maximum atomic E-state index is 14.5. The molecule has 6 amide bonds. The molecular weight excluding hydrogens is 792 g/mol. The molecular formula is C32H45F2N7O15S. The molecule has 0 heterocycles. The number of alkyl halides is 2. The Morgan fingerprint density at radius 2 is 1.23 bits per heavy atom. The largest absolute Gasteiger partial charge is 0.481 e. The van der Waals surface area contributed by atoms with E-state index in [0.29, 0.717) is 12.1 Å². The van der Waals surface area contributed by atoms with Gasteiger partial charge in [0.05, 0.1) is 18.9 Å². The van der Waals surface area contributed by atoms with Crippen molar-refractivity contribution in [3.63, 3.8) is 0 Å². The van der Waals surface area contributed by atoms with Crippen LogP contribution in [0.25, 0.3) is 0 Å². The van der Waals surface area contributed by atoms with E-state index in [2.05, 4.69) is 21.3 Å². The van der Waals surface area contributed by atoms with Gasteiger partial charge in [-0.2, -0.15) is 17.2 Å². The summed E-state index contributed by atoms with van der Waals surface area (Å²) in [6.07, 6.45) is -4.23. The predicted octanol–water partition coefficient (Wildman–Crippen LogP) is -2.72. The van der Waals surface area contributed by atoms with Crippen LogP contribution in [0.3, 0.4) is 0 Å². The van der Waals surface area contributed by atoms with Crippen molar-refractivity contribution in [1.82, 2.24) is 26.6 Å². The lowest BCUT2D eigenvalue weighted by Gasteiger charge is -2.27. The average Bonchev–Trinajstić information content (AvgIpc) is 3.07. The van der Waals surface area contributed by atoms with Crippen molar-refractivity contribution in [3.8, 4) is 0 Å². The van der Waals surface area contributed by atoms with E-state index in [-0.39, 0.29) is 17.9 Å². The van der Waals surface area contributed by atoms with Crippen molar-refractivity contribution < 1.29 is 80.2 Å². The minimum atomic E-state index is -5.98. The third-order valence-corrected chi connectivity index (χ3v) is 8.69. The number of hydrogen-bond acceptors (Lipinski definition) is 12. The van der Waals surface area contributed by atoms with Gasteiger partial charge in [0.25, 0.3) is 0 Å². The Labute approximate surface area is 323 Å². The summed E-state index contributed by atoms with van der Waals surface area (Å²) in [5, 5.41) is 33.4. The zero-order valence-corrected chi connectivity index (χ0v) is 31.5. The van der Waals surface area contributed by atoms with Crippen LogP contribution in [-0.2, 0) is 64.9 Å². The van der Waals surface area contributed by atoms with Gasteiger partial charge in [-0.3, -0.25) is 47.7 Å². The molecule has 318 valence electrons. The van der Waals surface area contributed by atoms with E-state index in [1.54, 1.807) is 13.8 Å². The molecule has 1 aromatic carbocycles. The highest BCUT2D eigenvalue weighted by Gasteiger charge is 2.46. The zero-order chi connectivity index (χ0) is 44.0. The van der Waals surface area contributed by atoms with Crippen molar-refractivity contribution in [3.05, 3.63) is 35.4 Å². The van der Waals surface area contributed by atoms with Crippen molar-refractivity contribution in [1.29, 1.82) is 0 Å². The smallest absolute Gasteiger partial charge is 0.395 e. The van der Waals surface area contributed by atoms with Gasteiger partial charge in [0.1, 0.15) is 30.2 Å². The summed E-state index contributed by atoms with van der Waals surface area (Å²) in [6, 6.07) is -6.92. The topological polar surface area (TPSA) is 381 Å². The van der Waals surface area contributed by atoms with E-state index in [0.717, 1.165) is 19.1 Å². The van der Waals surface area contributed by atoms with Gasteiger partial charge in [-0.05, 0) is 37.3 Å². The highest BCUT2D eigenvalue weighted by Crippen LogP contribution is 2.33. The van der Waals surface area contributed by atoms with Crippen molar-refractivity contribution in [2.24, 2.45) is 17.4 Å². The lowest BCUT2D eigenvalue weighted by atomic mass is 9.99. The fourth-order valence-corrected chi connectivity index (χ4v) is 5.32. The summed E-state index contributed by atoms with van der Waals surface area (Å²) in [6.45, 7) is 4.42. The van der Waals surface area contributed by atoms with Gasteiger partial charge in [0.15, 0.2) is 0 Å². The maximum Gasteiger partial charge on any atom is 0.395 e. The van der Waals surface area contributed by atoms with Crippen LogP contribution in [0.2, 0.25) is 0 Å². The minimum Gasteiger partial charge on any atom is -0.481 e. The molecule has 1 aromatic rings. The second-order valence-electron chi connectivity index (χ2n) is 13.1. The van der Waals surface area contributed by atoms with Gasteiger partial charge in [-0.1, -0.05) is 32.0 Å². The first-order valence-corrected chi connectivity index (χ1v) is 18.3. The summed E-state index contributed by atoms with van der Waals surface area (Å²) in [5.74, 6) is -11.9. The Morgan fingerprint density at radius 1 is 0.719 bits per heavy atom. The van der Waals surface area contributed by atoms with E-state index in [9.17, 15) is 70.6 Å². The third kappa shape index (κ3) is 16.4. The van der Waals surface area contributed by atoms with Gasteiger partial charge >= 0.3 is 33.3 Å². The highest BCUT2D eigenvalue weighted by molar-refractivity contribution is 7.86. The standard InChI is InChI=1S/C32H45F2N7O15S/c1-14(2)9-20(26(36)48)39-30(52)21(11-16-5-4-6-17(10-16)32(33,34)57(54,55)56)41-29(51)19(7-8-23(42)43)38-31(53)22(13-25(46)47)40-27(49)15(3)37-28(50)18(35)12-24(44)45/h4-6,10,14-15,18-22H,7-9,11-13,35H2,1-3H3,(H2,36,48)(H,37,50)(H,38,53)(H,39,52)(H,40,49)(H,41,51)(H,42,43)(H,44,45)(H,46,47)(H,54,55,56)/t15-,18-,19-,20-,21+,22-/m0/s1. The quantitative estimate of drug-likeness (QED) is 0.0471. The lowest BCUT2D eigenvalue weighted by Crippen LogP contribution is -2.59. The van der Waals surface area contributed by atoms with Crippen molar-refractivity contribution in [2.75, 3.05) is 0 Å². The molecule has 0 saturated heterocycles. The molecule has 0 aliphatic carbocycles. The van der Waals surface area contributed by atoms with Crippen molar-refractivity contribution >= 4 is 63.5 Å². The van der Waals surface area contributed by atoms with Gasteiger partial charge in [-0.15, -0.1) is 0 Å². The number of carbonyl (C=O) groups excluding carboxylic acids is 6. The number of nitrogens with one attached hydrogen (secondary N) is 5. The van der Waals surface area contributed by atoms with Crippen LogP contribution in [0.5, 0.6) is 0 Å². The highest BCUT2D eigenvalue weighted by atomic mass is 32.2. The molecule has 25 heteroatoms. The monoisotopic (exact) mass is 837 g/mol. The normalized spacial score (nSPS) is 14.7. The first-order chi connectivity index (χ1) is 26.2. The molecule has 0 unspecified atom stereocenters. The lowest BCUT2D eigenvalue weighted by molar-refractivity contribution is -0.141. The Balaban J connectivity index is 3.52. The Kier molecular flexibility index (Phi) is 18.5. The fourth-order valence-electron chi connectivity index (χ4n) is 4.89. The number of halogens is 2. The van der Waals surface area contributed by atoms with Crippen molar-refractivity contribution in [2.45, 2.75) is 101 Å². The number of aliphatic carboxylic acids is 3. The number of carbonyl (C=O) groups is 9.